The number of piperidine rings is 1. The van der Waals surface area contributed by atoms with Gasteiger partial charge in [-0.1, -0.05) is 0 Å². The topological polar surface area (TPSA) is 20.3 Å². The lowest BCUT2D eigenvalue weighted by Gasteiger charge is -2.34. The molecule has 1 aliphatic heterocycles. The Balaban J connectivity index is 2.46. The lowest BCUT2D eigenvalue weighted by atomic mass is 9.98. The van der Waals surface area contributed by atoms with E-state index in [1.54, 1.807) is 11.8 Å². The van der Waals surface area contributed by atoms with Gasteiger partial charge in [0.2, 0.25) is 5.91 Å². The van der Waals surface area contributed by atoms with Crippen LogP contribution in [0.5, 0.6) is 0 Å². The first-order valence-electron chi connectivity index (χ1n) is 4.15. The van der Waals surface area contributed by atoms with Crippen LogP contribution in [0.3, 0.4) is 0 Å². The smallest absolute Gasteiger partial charge is 0.219 e. The molecule has 0 N–H and O–H groups in total. The zero-order valence-corrected chi connectivity index (χ0v) is 8.81. The first-order valence-corrected chi connectivity index (χ1v) is 5.22. The van der Waals surface area contributed by atoms with E-state index < -0.39 is 0 Å². The Morgan fingerprint density at radius 3 is 2.83 bits per heavy atom. The third kappa shape index (κ3) is 2.30. The van der Waals surface area contributed by atoms with Crippen LogP contribution in [0.1, 0.15) is 13.3 Å². The van der Waals surface area contributed by atoms with Crippen LogP contribution in [0.2, 0.25) is 0 Å². The van der Waals surface area contributed by atoms with Crippen molar-refractivity contribution < 1.29 is 4.79 Å². The summed E-state index contributed by atoms with van der Waals surface area (Å²) in [6.07, 6.45) is 0.983. The molecular formula is C8H14ClNOS. The molecule has 0 spiro atoms. The quantitative estimate of drug-likeness (QED) is 0.509. The van der Waals surface area contributed by atoms with E-state index in [2.05, 4.69) is 12.6 Å². The van der Waals surface area contributed by atoms with Crippen molar-refractivity contribution in [3.05, 3.63) is 0 Å². The monoisotopic (exact) mass is 207 g/mol. The molecule has 2 nitrogen and oxygen atoms in total. The van der Waals surface area contributed by atoms with E-state index in [1.165, 1.54) is 0 Å². The molecule has 0 aromatic heterocycles. The predicted octanol–water partition coefficient (Wildman–Crippen LogP) is 1.39. The van der Waals surface area contributed by atoms with Gasteiger partial charge >= 0.3 is 0 Å². The highest BCUT2D eigenvalue weighted by atomic mass is 35.5. The summed E-state index contributed by atoms with van der Waals surface area (Å²) in [5.41, 5.74) is 0. The van der Waals surface area contributed by atoms with Crippen molar-refractivity contribution in [3.8, 4) is 0 Å². The molecule has 4 heteroatoms. The number of likely N-dealkylation sites (tertiary alicyclic amines) is 1. The van der Waals surface area contributed by atoms with E-state index >= 15 is 0 Å². The first kappa shape index (κ1) is 10.2. The number of amides is 1. The number of carbonyl (C=O) groups excluding carboxylic acids is 1. The van der Waals surface area contributed by atoms with Gasteiger partial charge in [-0.25, -0.2) is 0 Å². The third-order valence-electron chi connectivity index (χ3n) is 2.36. The number of alkyl halides is 1. The normalized spacial score (nSPS) is 30.4. The second kappa shape index (κ2) is 4.38. The Bertz CT molecular complexity index is 176. The summed E-state index contributed by atoms with van der Waals surface area (Å²) >= 11 is 10.3. The average Bonchev–Trinajstić information content (AvgIpc) is 2.04. The van der Waals surface area contributed by atoms with Gasteiger partial charge in [0, 0.05) is 20.0 Å². The van der Waals surface area contributed by atoms with Crippen molar-refractivity contribution in [1.29, 1.82) is 0 Å². The van der Waals surface area contributed by atoms with Crippen LogP contribution in [-0.2, 0) is 4.79 Å². The van der Waals surface area contributed by atoms with Gasteiger partial charge in [0.25, 0.3) is 0 Å². The second-order valence-corrected chi connectivity index (χ2v) is 4.14. The van der Waals surface area contributed by atoms with Crippen LogP contribution < -0.4 is 0 Å². The fraction of sp³-hybridized carbons (Fsp3) is 0.875. The van der Waals surface area contributed by atoms with E-state index in [0.29, 0.717) is 12.5 Å². The minimum absolute atomic E-state index is 0.0835. The third-order valence-corrected chi connectivity index (χ3v) is 3.32. The Hall–Kier alpha value is 0.110. The highest BCUT2D eigenvalue weighted by Crippen LogP contribution is 2.23. The fourth-order valence-corrected chi connectivity index (χ4v) is 2.39. The minimum Gasteiger partial charge on any atom is -0.341 e. The molecule has 0 radical (unpaired) electrons. The summed E-state index contributed by atoms with van der Waals surface area (Å²) < 4.78 is 0. The molecule has 0 aromatic rings. The van der Waals surface area contributed by atoms with Crippen LogP contribution >= 0.6 is 24.2 Å². The first-order chi connectivity index (χ1) is 5.65. The van der Waals surface area contributed by atoms with Gasteiger partial charge < -0.3 is 4.90 Å². The number of nitrogens with zero attached hydrogens (tertiary/aromatic N) is 1. The largest absolute Gasteiger partial charge is 0.341 e. The summed E-state index contributed by atoms with van der Waals surface area (Å²) in [7, 11) is 0. The van der Waals surface area contributed by atoms with Gasteiger partial charge in [-0.2, -0.15) is 12.6 Å². The van der Waals surface area contributed by atoms with Crippen LogP contribution in [0.15, 0.2) is 0 Å². The van der Waals surface area contributed by atoms with Crippen LogP contribution in [0.4, 0.5) is 0 Å². The van der Waals surface area contributed by atoms with E-state index in [1.807, 2.05) is 0 Å². The van der Waals surface area contributed by atoms with E-state index in [4.69, 9.17) is 11.6 Å². The Morgan fingerprint density at radius 1 is 1.75 bits per heavy atom. The molecule has 12 heavy (non-hydrogen) atoms. The zero-order chi connectivity index (χ0) is 9.14. The van der Waals surface area contributed by atoms with Crippen molar-refractivity contribution >= 4 is 30.1 Å². The molecule has 0 aromatic carbocycles. The Labute approximate surface area is 83.7 Å². The number of halogens is 1. The van der Waals surface area contributed by atoms with E-state index in [-0.39, 0.29) is 11.3 Å². The molecule has 1 fully saturated rings. The van der Waals surface area contributed by atoms with Gasteiger partial charge in [-0.05, 0) is 18.1 Å². The standard InChI is InChI=1S/C8H14ClNOS/c1-6(11)10-3-2-7(5-12)8(9)4-10/h7-8,12H,2-5H2,1H3. The van der Waals surface area contributed by atoms with Crippen molar-refractivity contribution in [2.45, 2.75) is 18.7 Å². The van der Waals surface area contributed by atoms with Crippen molar-refractivity contribution in [2.24, 2.45) is 5.92 Å². The molecule has 1 amide bonds. The molecule has 1 heterocycles. The maximum atomic E-state index is 11.0. The Kier molecular flexibility index (Phi) is 3.72. The molecule has 0 bridgehead atoms. The maximum absolute atomic E-state index is 11.0. The molecule has 1 saturated heterocycles. The van der Waals surface area contributed by atoms with Gasteiger partial charge in [0.15, 0.2) is 0 Å². The maximum Gasteiger partial charge on any atom is 0.219 e. The number of hydrogen-bond donors (Lipinski definition) is 1. The predicted molar refractivity (Wildman–Crippen MR) is 53.9 cm³/mol. The van der Waals surface area contributed by atoms with Crippen LogP contribution in [-0.4, -0.2) is 35.0 Å². The summed E-state index contributed by atoms with van der Waals surface area (Å²) in [5.74, 6) is 1.41. The van der Waals surface area contributed by atoms with Gasteiger partial charge in [0.05, 0.1) is 5.38 Å². The van der Waals surface area contributed by atoms with E-state index in [9.17, 15) is 4.79 Å². The van der Waals surface area contributed by atoms with E-state index in [0.717, 1.165) is 18.7 Å². The zero-order valence-electron chi connectivity index (χ0n) is 7.16. The van der Waals surface area contributed by atoms with Gasteiger partial charge in [0.1, 0.15) is 0 Å². The summed E-state index contributed by atoms with van der Waals surface area (Å²) in [5, 5.41) is 0.0835. The molecule has 70 valence electrons. The van der Waals surface area contributed by atoms with Crippen molar-refractivity contribution in [2.75, 3.05) is 18.8 Å². The highest BCUT2D eigenvalue weighted by Gasteiger charge is 2.27. The molecular weight excluding hydrogens is 194 g/mol. The summed E-state index contributed by atoms with van der Waals surface area (Å²) in [6.45, 7) is 3.11. The molecule has 0 saturated carbocycles. The lowest BCUT2D eigenvalue weighted by molar-refractivity contribution is -0.130. The van der Waals surface area contributed by atoms with Gasteiger partial charge in [-0.3, -0.25) is 4.79 Å². The van der Waals surface area contributed by atoms with Crippen molar-refractivity contribution in [1.82, 2.24) is 4.90 Å². The SMILES string of the molecule is CC(=O)N1CCC(CS)C(Cl)C1. The molecule has 1 rings (SSSR count). The summed E-state index contributed by atoms with van der Waals surface area (Å²) in [6, 6.07) is 0. The summed E-state index contributed by atoms with van der Waals surface area (Å²) in [4.78, 5) is 12.8. The van der Waals surface area contributed by atoms with Crippen LogP contribution in [0.25, 0.3) is 0 Å². The number of thiol groups is 1. The number of rotatable bonds is 1. The minimum atomic E-state index is 0.0835. The number of hydrogen-bond acceptors (Lipinski definition) is 2. The number of carbonyl (C=O) groups is 1. The molecule has 2 unspecified atom stereocenters. The van der Waals surface area contributed by atoms with Crippen molar-refractivity contribution in [3.63, 3.8) is 0 Å². The molecule has 1 aliphatic rings. The van der Waals surface area contributed by atoms with Gasteiger partial charge in [-0.15, -0.1) is 11.6 Å². The lowest BCUT2D eigenvalue weighted by Crippen LogP contribution is -2.44. The molecule has 2 atom stereocenters. The second-order valence-electron chi connectivity index (χ2n) is 3.21. The fourth-order valence-electron chi connectivity index (χ4n) is 1.45. The highest BCUT2D eigenvalue weighted by molar-refractivity contribution is 7.80. The van der Waals surface area contributed by atoms with Crippen LogP contribution in [0, 0.1) is 5.92 Å². The molecule has 0 aliphatic carbocycles. The average molecular weight is 208 g/mol. The Morgan fingerprint density at radius 2 is 2.42 bits per heavy atom.